The van der Waals surface area contributed by atoms with E-state index in [1.165, 1.54) is 6.20 Å². The number of anilines is 1. The van der Waals surface area contributed by atoms with E-state index in [0.717, 1.165) is 32.1 Å². The van der Waals surface area contributed by atoms with E-state index in [4.69, 9.17) is 5.73 Å². The van der Waals surface area contributed by atoms with E-state index in [1.54, 1.807) is 0 Å². The monoisotopic (exact) mass is 238 g/mol. The second kappa shape index (κ2) is 4.75. The topological polar surface area (TPSA) is 104 Å². The van der Waals surface area contributed by atoms with Crippen LogP contribution in [0.3, 0.4) is 0 Å². The second-order valence-electron chi connectivity index (χ2n) is 4.65. The first-order valence-corrected chi connectivity index (χ1v) is 5.89. The van der Waals surface area contributed by atoms with Gasteiger partial charge in [-0.1, -0.05) is 19.3 Å². The van der Waals surface area contributed by atoms with Crippen molar-refractivity contribution in [3.63, 3.8) is 0 Å². The smallest absolute Gasteiger partial charge is 0.271 e. The number of carbonyl (C=O) groups excluding carboxylic acids is 1. The lowest BCUT2D eigenvalue weighted by atomic mass is 9.82. The van der Waals surface area contributed by atoms with E-state index in [-0.39, 0.29) is 18.2 Å². The quantitative estimate of drug-likeness (QED) is 0.612. The molecule has 0 aliphatic heterocycles. The van der Waals surface area contributed by atoms with E-state index in [2.05, 4.69) is 15.5 Å². The molecular formula is C11H18N4O2. The molecule has 0 aromatic carbocycles. The molecule has 1 amide bonds. The van der Waals surface area contributed by atoms with Crippen molar-refractivity contribution in [2.75, 3.05) is 12.3 Å². The van der Waals surface area contributed by atoms with Crippen molar-refractivity contribution in [1.29, 1.82) is 0 Å². The fourth-order valence-electron chi connectivity index (χ4n) is 2.33. The summed E-state index contributed by atoms with van der Waals surface area (Å²) in [5.41, 5.74) is 5.71. The van der Waals surface area contributed by atoms with E-state index >= 15 is 0 Å². The number of nitrogens with zero attached hydrogens (tertiary/aromatic N) is 1. The van der Waals surface area contributed by atoms with Crippen LogP contribution in [-0.2, 0) is 0 Å². The molecule has 0 atom stereocenters. The zero-order valence-corrected chi connectivity index (χ0v) is 9.70. The standard InChI is InChI=1S/C11H18N4O2/c12-8-6-13-15-9(8)10(17)14-11(7-16)4-2-1-3-5-11/h6,16H,1-5,7,12H2,(H,13,15)(H,14,17). The van der Waals surface area contributed by atoms with Crippen LogP contribution in [0.5, 0.6) is 0 Å². The van der Waals surface area contributed by atoms with Gasteiger partial charge >= 0.3 is 0 Å². The average molecular weight is 238 g/mol. The van der Waals surface area contributed by atoms with E-state index in [1.807, 2.05) is 0 Å². The first kappa shape index (κ1) is 11.9. The van der Waals surface area contributed by atoms with Crippen molar-refractivity contribution in [3.8, 4) is 0 Å². The van der Waals surface area contributed by atoms with E-state index in [9.17, 15) is 9.90 Å². The number of amides is 1. The van der Waals surface area contributed by atoms with Crippen LogP contribution in [0.15, 0.2) is 6.20 Å². The number of nitrogens with one attached hydrogen (secondary N) is 2. The number of aromatic nitrogens is 2. The highest BCUT2D eigenvalue weighted by Gasteiger charge is 2.33. The van der Waals surface area contributed by atoms with Crippen LogP contribution in [0, 0.1) is 0 Å². The van der Waals surface area contributed by atoms with Gasteiger partial charge in [0.2, 0.25) is 0 Å². The Balaban J connectivity index is 2.08. The van der Waals surface area contributed by atoms with Gasteiger partial charge in [-0.2, -0.15) is 5.10 Å². The first-order chi connectivity index (χ1) is 8.17. The number of H-pyrrole nitrogens is 1. The fourth-order valence-corrected chi connectivity index (χ4v) is 2.33. The molecule has 1 fully saturated rings. The van der Waals surface area contributed by atoms with Crippen LogP contribution < -0.4 is 11.1 Å². The number of aliphatic hydroxyl groups excluding tert-OH is 1. The van der Waals surface area contributed by atoms with Crippen molar-refractivity contribution in [2.45, 2.75) is 37.6 Å². The summed E-state index contributed by atoms with van der Waals surface area (Å²) in [6, 6.07) is 0. The SMILES string of the molecule is Nc1cn[nH]c1C(=O)NC1(CO)CCCCC1. The Morgan fingerprint density at radius 1 is 1.53 bits per heavy atom. The Labute approximate surface area is 99.6 Å². The van der Waals surface area contributed by atoms with Crippen LogP contribution in [0.25, 0.3) is 0 Å². The summed E-state index contributed by atoms with van der Waals surface area (Å²) in [5.74, 6) is -0.295. The molecule has 1 aliphatic carbocycles. The van der Waals surface area contributed by atoms with Crippen LogP contribution in [0.4, 0.5) is 5.69 Å². The Hall–Kier alpha value is -1.56. The number of hydrogen-bond donors (Lipinski definition) is 4. The fraction of sp³-hybridized carbons (Fsp3) is 0.636. The second-order valence-corrected chi connectivity index (χ2v) is 4.65. The van der Waals surface area contributed by atoms with Gasteiger partial charge in [0.15, 0.2) is 0 Å². The number of hydrogen-bond acceptors (Lipinski definition) is 4. The molecule has 2 rings (SSSR count). The number of rotatable bonds is 3. The number of carbonyl (C=O) groups is 1. The average Bonchev–Trinajstić information content (AvgIpc) is 2.77. The van der Waals surface area contributed by atoms with Crippen molar-refractivity contribution >= 4 is 11.6 Å². The summed E-state index contributed by atoms with van der Waals surface area (Å²) in [5, 5.41) is 18.6. The van der Waals surface area contributed by atoms with Gasteiger partial charge in [-0.05, 0) is 12.8 Å². The molecule has 0 radical (unpaired) electrons. The van der Waals surface area contributed by atoms with Crippen molar-refractivity contribution in [1.82, 2.24) is 15.5 Å². The van der Waals surface area contributed by atoms with E-state index in [0.29, 0.717) is 5.69 Å². The van der Waals surface area contributed by atoms with Crippen LogP contribution in [0.1, 0.15) is 42.6 Å². The summed E-state index contributed by atoms with van der Waals surface area (Å²) < 4.78 is 0. The largest absolute Gasteiger partial charge is 0.396 e. The third-order valence-electron chi connectivity index (χ3n) is 3.39. The molecule has 17 heavy (non-hydrogen) atoms. The van der Waals surface area contributed by atoms with Gasteiger partial charge in [-0.15, -0.1) is 0 Å². The zero-order valence-electron chi connectivity index (χ0n) is 9.70. The maximum Gasteiger partial charge on any atom is 0.271 e. The lowest BCUT2D eigenvalue weighted by Crippen LogP contribution is -2.52. The van der Waals surface area contributed by atoms with Gasteiger partial charge in [-0.3, -0.25) is 9.89 Å². The Morgan fingerprint density at radius 3 is 2.76 bits per heavy atom. The van der Waals surface area contributed by atoms with Gasteiger partial charge < -0.3 is 16.2 Å². The first-order valence-electron chi connectivity index (χ1n) is 5.89. The summed E-state index contributed by atoms with van der Waals surface area (Å²) >= 11 is 0. The molecule has 0 saturated heterocycles. The normalized spacial score (nSPS) is 18.9. The van der Waals surface area contributed by atoms with Gasteiger partial charge in [0.1, 0.15) is 5.69 Å². The predicted octanol–water partition coefficient (Wildman–Crippen LogP) is 0.417. The molecular weight excluding hydrogens is 220 g/mol. The van der Waals surface area contributed by atoms with Crippen molar-refractivity contribution in [2.24, 2.45) is 0 Å². The molecule has 0 unspecified atom stereocenters. The Bertz CT molecular complexity index is 396. The minimum atomic E-state index is -0.493. The summed E-state index contributed by atoms with van der Waals surface area (Å²) in [7, 11) is 0. The molecule has 1 aliphatic rings. The van der Waals surface area contributed by atoms with Crippen molar-refractivity contribution in [3.05, 3.63) is 11.9 Å². The number of nitrogen functional groups attached to an aromatic ring is 1. The van der Waals surface area contributed by atoms with Crippen molar-refractivity contribution < 1.29 is 9.90 Å². The third kappa shape index (κ3) is 2.41. The molecule has 6 nitrogen and oxygen atoms in total. The highest BCUT2D eigenvalue weighted by Crippen LogP contribution is 2.28. The van der Waals surface area contributed by atoms with Crippen LogP contribution in [-0.4, -0.2) is 33.4 Å². The third-order valence-corrected chi connectivity index (χ3v) is 3.39. The highest BCUT2D eigenvalue weighted by atomic mass is 16.3. The molecule has 1 aromatic rings. The lowest BCUT2D eigenvalue weighted by molar-refractivity contribution is 0.0754. The molecule has 94 valence electrons. The number of aliphatic hydroxyl groups is 1. The van der Waals surface area contributed by atoms with Gasteiger partial charge in [0.05, 0.1) is 24.0 Å². The summed E-state index contributed by atoms with van der Waals surface area (Å²) in [6.45, 7) is -0.0349. The van der Waals surface area contributed by atoms with Crippen LogP contribution in [0.2, 0.25) is 0 Å². The maximum atomic E-state index is 12.0. The Morgan fingerprint density at radius 2 is 2.24 bits per heavy atom. The van der Waals surface area contributed by atoms with E-state index < -0.39 is 5.54 Å². The summed E-state index contributed by atoms with van der Waals surface area (Å²) in [4.78, 5) is 12.0. The minimum absolute atomic E-state index is 0.0349. The molecule has 6 heteroatoms. The predicted molar refractivity (Wildman–Crippen MR) is 63.4 cm³/mol. The minimum Gasteiger partial charge on any atom is -0.396 e. The molecule has 1 saturated carbocycles. The Kier molecular flexibility index (Phi) is 3.33. The van der Waals surface area contributed by atoms with Crippen LogP contribution >= 0.6 is 0 Å². The molecule has 1 aromatic heterocycles. The molecule has 5 N–H and O–H groups in total. The highest BCUT2D eigenvalue weighted by molar-refractivity contribution is 5.97. The molecule has 0 spiro atoms. The maximum absolute atomic E-state index is 12.0. The zero-order chi connectivity index (χ0) is 12.3. The number of nitrogens with two attached hydrogens (primary N) is 1. The number of aromatic amines is 1. The lowest BCUT2D eigenvalue weighted by Gasteiger charge is -2.36. The summed E-state index contributed by atoms with van der Waals surface area (Å²) in [6.07, 6.45) is 6.23. The van der Waals surface area contributed by atoms with Gasteiger partial charge in [0, 0.05) is 0 Å². The molecule has 0 bridgehead atoms. The van der Waals surface area contributed by atoms with Gasteiger partial charge in [0.25, 0.3) is 5.91 Å². The molecule has 1 heterocycles. The van der Waals surface area contributed by atoms with Gasteiger partial charge in [-0.25, -0.2) is 0 Å².